The van der Waals surface area contributed by atoms with Gasteiger partial charge in [-0.15, -0.1) is 0 Å². The average Bonchev–Trinajstić information content (AvgIpc) is 2.32. The zero-order valence-electron chi connectivity index (χ0n) is 12.8. The lowest BCUT2D eigenvalue weighted by molar-refractivity contribution is -0.295. The van der Waals surface area contributed by atoms with E-state index in [1.165, 1.54) is 0 Å². The van der Waals surface area contributed by atoms with Crippen LogP contribution in [0.5, 0.6) is 0 Å². The molecule has 4 atom stereocenters. The first kappa shape index (κ1) is 14.3. The number of carbonyl (C=O) groups excluding carboxylic acids is 1. The molecule has 20 heavy (non-hydrogen) atoms. The number of hydrogen-bond acceptors (Lipinski definition) is 4. The first-order valence-electron chi connectivity index (χ1n) is 7.76. The smallest absolute Gasteiger partial charge is 0.308 e. The van der Waals surface area contributed by atoms with Gasteiger partial charge in [0.1, 0.15) is 5.60 Å². The number of esters is 1. The van der Waals surface area contributed by atoms with E-state index in [1.54, 1.807) is 0 Å². The van der Waals surface area contributed by atoms with Gasteiger partial charge in [-0.05, 0) is 51.4 Å². The predicted octanol–water partition coefficient (Wildman–Crippen LogP) is 1.88. The molecule has 4 fully saturated rings. The van der Waals surface area contributed by atoms with Gasteiger partial charge in [-0.2, -0.15) is 0 Å². The van der Waals surface area contributed by atoms with E-state index in [-0.39, 0.29) is 29.6 Å². The highest BCUT2D eigenvalue weighted by molar-refractivity contribution is 5.72. The normalized spacial score (nSPS) is 53.5. The first-order valence-corrected chi connectivity index (χ1v) is 7.76. The Hall–Kier alpha value is -0.610. The summed E-state index contributed by atoms with van der Waals surface area (Å²) in [5, 5.41) is 21.6. The van der Waals surface area contributed by atoms with Crippen LogP contribution in [0, 0.1) is 23.7 Å². The lowest BCUT2D eigenvalue weighted by Crippen LogP contribution is -2.72. The third-order valence-electron chi connectivity index (χ3n) is 6.23. The molecular formula is C16H26O4. The third-order valence-corrected chi connectivity index (χ3v) is 6.23. The summed E-state index contributed by atoms with van der Waals surface area (Å²) < 4.78 is 5.84. The minimum Gasteiger partial charge on any atom is -0.459 e. The summed E-state index contributed by atoms with van der Waals surface area (Å²) in [5.74, 6) is -0.253. The molecule has 0 heterocycles. The number of carbonyl (C=O) groups is 1. The highest BCUT2D eigenvalue weighted by atomic mass is 16.6. The number of hydrogen-bond donors (Lipinski definition) is 2. The summed E-state index contributed by atoms with van der Waals surface area (Å²) in [6.45, 7) is 7.36. The van der Waals surface area contributed by atoms with Crippen LogP contribution in [-0.2, 0) is 9.53 Å². The molecular weight excluding hydrogens is 256 g/mol. The highest BCUT2D eigenvalue weighted by Gasteiger charge is 2.69. The van der Waals surface area contributed by atoms with Crippen molar-refractivity contribution in [2.24, 2.45) is 23.7 Å². The van der Waals surface area contributed by atoms with Gasteiger partial charge >= 0.3 is 5.97 Å². The number of ether oxygens (including phenoxy) is 1. The van der Waals surface area contributed by atoms with Crippen molar-refractivity contribution < 1.29 is 19.7 Å². The Labute approximate surface area is 120 Å². The van der Waals surface area contributed by atoms with Crippen LogP contribution in [-0.4, -0.2) is 33.0 Å². The quantitative estimate of drug-likeness (QED) is 0.759. The molecule has 0 radical (unpaired) electrons. The molecule has 4 nitrogen and oxygen atoms in total. The van der Waals surface area contributed by atoms with Gasteiger partial charge < -0.3 is 14.9 Å². The Morgan fingerprint density at radius 2 is 1.60 bits per heavy atom. The maximum absolute atomic E-state index is 12.0. The van der Waals surface area contributed by atoms with Crippen molar-refractivity contribution in [3.63, 3.8) is 0 Å². The number of rotatable bonds is 2. The van der Waals surface area contributed by atoms with E-state index in [0.717, 1.165) is 19.3 Å². The van der Waals surface area contributed by atoms with E-state index in [0.29, 0.717) is 6.42 Å². The van der Waals surface area contributed by atoms with Gasteiger partial charge in [0.15, 0.2) is 0 Å². The van der Waals surface area contributed by atoms with E-state index in [4.69, 9.17) is 4.74 Å². The first-order chi connectivity index (χ1) is 9.08. The van der Waals surface area contributed by atoms with Crippen LogP contribution in [0.1, 0.15) is 53.4 Å². The summed E-state index contributed by atoms with van der Waals surface area (Å²) >= 11 is 0. The standard InChI is InChI=1S/C16H26O4/c1-9(2)13(17)20-16-6-10-5-11(7-16)15(4,19)12(8-16)14(10,3)18/h9-12,18-19H,5-8H2,1-4H3. The second-order valence-electron chi connectivity index (χ2n) is 8.00. The molecule has 0 aromatic carbocycles. The van der Waals surface area contributed by atoms with Crippen LogP contribution in [0.2, 0.25) is 0 Å². The van der Waals surface area contributed by atoms with Crippen LogP contribution < -0.4 is 0 Å². The Balaban J connectivity index is 1.91. The molecule has 0 aromatic rings. The summed E-state index contributed by atoms with van der Waals surface area (Å²) in [6.07, 6.45) is 2.89. The van der Waals surface area contributed by atoms with Crippen molar-refractivity contribution in [3.05, 3.63) is 0 Å². The van der Waals surface area contributed by atoms with Crippen LogP contribution >= 0.6 is 0 Å². The zero-order chi connectivity index (χ0) is 14.9. The van der Waals surface area contributed by atoms with Gasteiger partial charge in [0, 0.05) is 5.92 Å². The van der Waals surface area contributed by atoms with Crippen LogP contribution in [0.25, 0.3) is 0 Å². The van der Waals surface area contributed by atoms with Crippen molar-refractivity contribution >= 4 is 5.97 Å². The molecule has 0 saturated heterocycles. The lowest BCUT2D eigenvalue weighted by Gasteiger charge is -2.67. The maximum Gasteiger partial charge on any atom is 0.308 e. The topological polar surface area (TPSA) is 66.8 Å². The van der Waals surface area contributed by atoms with E-state index < -0.39 is 16.8 Å². The van der Waals surface area contributed by atoms with E-state index in [2.05, 4.69) is 0 Å². The minimum absolute atomic E-state index is 0.125. The number of aliphatic hydroxyl groups is 2. The molecule has 4 aliphatic rings. The summed E-state index contributed by atoms with van der Waals surface area (Å²) in [7, 11) is 0. The molecule has 2 N–H and O–H groups in total. The molecule has 4 bridgehead atoms. The Morgan fingerprint density at radius 3 is 2.05 bits per heavy atom. The molecule has 4 unspecified atom stereocenters. The Kier molecular flexibility index (Phi) is 2.85. The SMILES string of the molecule is CC(C)C(=O)OC12CC3CC(C1)C(C)(O)C(C2)C3(C)O. The van der Waals surface area contributed by atoms with E-state index in [9.17, 15) is 15.0 Å². The van der Waals surface area contributed by atoms with Crippen molar-refractivity contribution in [1.29, 1.82) is 0 Å². The minimum atomic E-state index is -0.853. The van der Waals surface area contributed by atoms with Crippen molar-refractivity contribution in [2.75, 3.05) is 0 Å². The highest BCUT2D eigenvalue weighted by Crippen LogP contribution is 2.64. The molecule has 0 aromatic heterocycles. The van der Waals surface area contributed by atoms with Crippen LogP contribution in [0.3, 0.4) is 0 Å². The fourth-order valence-electron chi connectivity index (χ4n) is 4.95. The van der Waals surface area contributed by atoms with Gasteiger partial charge in [0.25, 0.3) is 0 Å². The fraction of sp³-hybridized carbons (Fsp3) is 0.938. The van der Waals surface area contributed by atoms with Crippen molar-refractivity contribution in [1.82, 2.24) is 0 Å². The predicted molar refractivity (Wildman–Crippen MR) is 73.8 cm³/mol. The van der Waals surface area contributed by atoms with Gasteiger partial charge in [-0.3, -0.25) is 4.79 Å². The van der Waals surface area contributed by atoms with Gasteiger partial charge in [-0.1, -0.05) is 13.8 Å². The zero-order valence-corrected chi connectivity index (χ0v) is 12.8. The van der Waals surface area contributed by atoms with E-state index >= 15 is 0 Å². The molecule has 4 aliphatic carbocycles. The van der Waals surface area contributed by atoms with Crippen LogP contribution in [0.4, 0.5) is 0 Å². The fourth-order valence-corrected chi connectivity index (χ4v) is 4.95. The monoisotopic (exact) mass is 282 g/mol. The largest absolute Gasteiger partial charge is 0.459 e. The van der Waals surface area contributed by atoms with Gasteiger partial charge in [-0.25, -0.2) is 0 Å². The summed E-state index contributed by atoms with van der Waals surface area (Å²) in [5.41, 5.74) is -2.16. The van der Waals surface area contributed by atoms with Crippen molar-refractivity contribution in [3.8, 4) is 0 Å². The third kappa shape index (κ3) is 1.77. The molecule has 0 amide bonds. The summed E-state index contributed by atoms with van der Waals surface area (Å²) in [4.78, 5) is 12.0. The summed E-state index contributed by atoms with van der Waals surface area (Å²) in [6, 6.07) is 0. The Morgan fingerprint density at radius 1 is 1.10 bits per heavy atom. The molecule has 4 rings (SSSR count). The Bertz CT molecular complexity index is 414. The molecule has 114 valence electrons. The van der Waals surface area contributed by atoms with Gasteiger partial charge in [0.2, 0.25) is 0 Å². The molecule has 4 heteroatoms. The lowest BCUT2D eigenvalue weighted by atomic mass is 9.43. The molecule has 0 spiro atoms. The van der Waals surface area contributed by atoms with E-state index in [1.807, 2.05) is 27.7 Å². The molecule has 4 saturated carbocycles. The average molecular weight is 282 g/mol. The molecule has 0 aliphatic heterocycles. The second kappa shape index (κ2) is 3.98. The van der Waals surface area contributed by atoms with Crippen molar-refractivity contribution in [2.45, 2.75) is 70.2 Å². The van der Waals surface area contributed by atoms with Crippen LogP contribution in [0.15, 0.2) is 0 Å². The second-order valence-corrected chi connectivity index (χ2v) is 8.00. The van der Waals surface area contributed by atoms with Gasteiger partial charge in [0.05, 0.1) is 17.1 Å². The maximum atomic E-state index is 12.0.